The minimum Gasteiger partial charge on any atom is -0.480 e. The minimum absolute atomic E-state index is 0.132. The second-order valence-corrected chi connectivity index (χ2v) is 5.92. The molecule has 0 aliphatic rings. The van der Waals surface area contributed by atoms with Gasteiger partial charge in [0.05, 0.1) is 19.3 Å². The maximum atomic E-state index is 12.2. The molecule has 3 amide bonds. The fourth-order valence-corrected chi connectivity index (χ4v) is 2.12. The van der Waals surface area contributed by atoms with Crippen molar-refractivity contribution in [1.29, 1.82) is 0 Å². The van der Waals surface area contributed by atoms with Crippen molar-refractivity contribution in [2.45, 2.75) is 50.4 Å². The number of nitrogens with two attached hydrogens (primary N) is 2. The van der Waals surface area contributed by atoms with Gasteiger partial charge in [-0.1, -0.05) is 0 Å². The van der Waals surface area contributed by atoms with Crippen LogP contribution in [0.4, 0.5) is 0 Å². The molecule has 0 aliphatic heterocycles. The van der Waals surface area contributed by atoms with Crippen LogP contribution in [0.5, 0.6) is 0 Å². The molecule has 12 heteroatoms. The molecular weight excluding hydrogens is 362 g/mol. The van der Waals surface area contributed by atoms with E-state index in [0.29, 0.717) is 19.4 Å². The molecule has 156 valence electrons. The number of nitrogens with one attached hydrogen (secondary N) is 3. The number of aliphatic hydroxyl groups excluding tert-OH is 2. The molecule has 10 N–H and O–H groups in total. The number of aliphatic carboxylic acids is 1. The van der Waals surface area contributed by atoms with Crippen LogP contribution in [0.3, 0.4) is 0 Å². The van der Waals surface area contributed by atoms with Crippen molar-refractivity contribution < 1.29 is 34.5 Å². The minimum atomic E-state index is -1.47. The lowest BCUT2D eigenvalue weighted by Gasteiger charge is -2.24. The number of aliphatic hydroxyl groups is 2. The predicted octanol–water partition coefficient (Wildman–Crippen LogP) is -4.01. The van der Waals surface area contributed by atoms with Crippen LogP contribution in [0, 0.1) is 0 Å². The van der Waals surface area contributed by atoms with Crippen molar-refractivity contribution in [1.82, 2.24) is 16.0 Å². The van der Waals surface area contributed by atoms with Crippen LogP contribution < -0.4 is 27.4 Å². The quantitative estimate of drug-likeness (QED) is 0.143. The van der Waals surface area contributed by atoms with Gasteiger partial charge in [-0.25, -0.2) is 4.79 Å². The summed E-state index contributed by atoms with van der Waals surface area (Å²) in [5.74, 6) is -3.82. The maximum absolute atomic E-state index is 12.2. The highest BCUT2D eigenvalue weighted by Crippen LogP contribution is 2.02. The highest BCUT2D eigenvalue weighted by atomic mass is 16.4. The summed E-state index contributed by atoms with van der Waals surface area (Å²) in [5, 5.41) is 34.7. The summed E-state index contributed by atoms with van der Waals surface area (Å²) in [4.78, 5) is 46.9. The van der Waals surface area contributed by atoms with Crippen molar-refractivity contribution in [2.75, 3.05) is 19.7 Å². The monoisotopic (exact) mass is 391 g/mol. The fraction of sp³-hybridized carbons (Fsp3) is 0.733. The summed E-state index contributed by atoms with van der Waals surface area (Å²) in [5.41, 5.74) is 10.5. The van der Waals surface area contributed by atoms with Gasteiger partial charge in [0.1, 0.15) is 18.1 Å². The van der Waals surface area contributed by atoms with E-state index in [1.807, 2.05) is 0 Å². The highest BCUT2D eigenvalue weighted by molar-refractivity contribution is 5.93. The normalized spacial score (nSPS) is 15.1. The van der Waals surface area contributed by atoms with Crippen LogP contribution in [0.15, 0.2) is 0 Å². The SMILES string of the molecule is CC(O)C(NC(=O)CN)C(=O)NC(CO)C(=O)NC(CCCCN)C(=O)O. The summed E-state index contributed by atoms with van der Waals surface area (Å²) in [7, 11) is 0. The number of carboxylic acid groups (broad SMARTS) is 1. The highest BCUT2D eigenvalue weighted by Gasteiger charge is 2.30. The molecule has 0 saturated heterocycles. The maximum Gasteiger partial charge on any atom is 0.326 e. The molecule has 0 bridgehead atoms. The molecule has 0 radical (unpaired) electrons. The third kappa shape index (κ3) is 9.28. The average Bonchev–Trinajstić information content (AvgIpc) is 2.62. The first-order valence-corrected chi connectivity index (χ1v) is 8.49. The number of hydrogen-bond donors (Lipinski definition) is 8. The van der Waals surface area contributed by atoms with E-state index in [0.717, 1.165) is 0 Å². The van der Waals surface area contributed by atoms with Crippen LogP contribution in [0.1, 0.15) is 26.2 Å². The first kappa shape index (κ1) is 24.7. The molecular formula is C15H29N5O7. The Hall–Kier alpha value is -2.28. The molecule has 4 unspecified atom stereocenters. The number of carboxylic acids is 1. The van der Waals surface area contributed by atoms with Gasteiger partial charge in [0.25, 0.3) is 0 Å². The number of carbonyl (C=O) groups excluding carboxylic acids is 3. The number of amides is 3. The lowest BCUT2D eigenvalue weighted by atomic mass is 10.1. The van der Waals surface area contributed by atoms with E-state index in [1.165, 1.54) is 6.92 Å². The van der Waals surface area contributed by atoms with Crippen molar-refractivity contribution in [3.63, 3.8) is 0 Å². The Morgan fingerprint density at radius 2 is 1.56 bits per heavy atom. The zero-order valence-corrected chi connectivity index (χ0v) is 15.2. The number of rotatable bonds is 13. The molecule has 0 fully saturated rings. The van der Waals surface area contributed by atoms with E-state index < -0.39 is 61.1 Å². The Balaban J connectivity index is 4.95. The number of carbonyl (C=O) groups is 4. The summed E-state index contributed by atoms with van der Waals surface area (Å²) in [6.45, 7) is 0.394. The Bertz CT molecular complexity index is 515. The topological polar surface area (TPSA) is 217 Å². The van der Waals surface area contributed by atoms with Crippen molar-refractivity contribution in [3.05, 3.63) is 0 Å². The summed E-state index contributed by atoms with van der Waals surface area (Å²) >= 11 is 0. The zero-order valence-electron chi connectivity index (χ0n) is 15.2. The Kier molecular flexibility index (Phi) is 11.9. The van der Waals surface area contributed by atoms with Crippen molar-refractivity contribution in [3.8, 4) is 0 Å². The van der Waals surface area contributed by atoms with Crippen LogP contribution >= 0.6 is 0 Å². The van der Waals surface area contributed by atoms with Crippen LogP contribution in [-0.4, -0.2) is 82.9 Å². The summed E-state index contributed by atoms with van der Waals surface area (Å²) < 4.78 is 0. The van der Waals surface area contributed by atoms with E-state index >= 15 is 0 Å². The van der Waals surface area contributed by atoms with Crippen LogP contribution in [0.25, 0.3) is 0 Å². The van der Waals surface area contributed by atoms with E-state index in [4.69, 9.17) is 16.6 Å². The molecule has 0 spiro atoms. The van der Waals surface area contributed by atoms with Gasteiger partial charge in [-0.15, -0.1) is 0 Å². The second kappa shape index (κ2) is 13.0. The number of unbranched alkanes of at least 4 members (excludes halogenated alkanes) is 1. The predicted molar refractivity (Wildman–Crippen MR) is 94.2 cm³/mol. The number of hydrogen-bond acceptors (Lipinski definition) is 8. The smallest absolute Gasteiger partial charge is 0.326 e. The molecule has 0 aromatic rings. The average molecular weight is 391 g/mol. The van der Waals surface area contributed by atoms with Gasteiger partial charge in [-0.05, 0) is 32.7 Å². The third-order valence-electron chi connectivity index (χ3n) is 3.64. The van der Waals surface area contributed by atoms with E-state index in [1.54, 1.807) is 0 Å². The van der Waals surface area contributed by atoms with Gasteiger partial charge >= 0.3 is 5.97 Å². The molecule has 0 saturated carbocycles. The third-order valence-corrected chi connectivity index (χ3v) is 3.64. The van der Waals surface area contributed by atoms with E-state index in [2.05, 4.69) is 16.0 Å². The van der Waals surface area contributed by atoms with Crippen molar-refractivity contribution in [2.24, 2.45) is 11.5 Å². The lowest BCUT2D eigenvalue weighted by Crippen LogP contribution is -2.59. The molecule has 4 atom stereocenters. The van der Waals surface area contributed by atoms with Gasteiger partial charge in [0.15, 0.2) is 0 Å². The molecule has 27 heavy (non-hydrogen) atoms. The molecule has 0 rings (SSSR count). The molecule has 0 aliphatic carbocycles. The largest absolute Gasteiger partial charge is 0.480 e. The molecule has 0 heterocycles. The fourth-order valence-electron chi connectivity index (χ4n) is 2.12. The molecule has 12 nitrogen and oxygen atoms in total. The summed E-state index contributed by atoms with van der Waals surface area (Å²) in [6, 6.07) is -4.08. The van der Waals surface area contributed by atoms with E-state index in [9.17, 15) is 29.4 Å². The standard InChI is InChI=1S/C15H29N5O7/c1-8(22)12(20-11(23)6-17)14(25)19-10(7-21)13(24)18-9(15(26)27)4-2-3-5-16/h8-10,12,21-22H,2-7,16-17H2,1H3,(H,18,24)(H,19,25)(H,20,23)(H,26,27). The summed E-state index contributed by atoms with van der Waals surface area (Å²) in [6.07, 6.45) is -0.116. The van der Waals surface area contributed by atoms with Gasteiger partial charge in [-0.3, -0.25) is 14.4 Å². The zero-order chi connectivity index (χ0) is 21.0. The molecule has 0 aromatic carbocycles. The van der Waals surface area contributed by atoms with Gasteiger partial charge < -0.3 is 42.7 Å². The van der Waals surface area contributed by atoms with Gasteiger partial charge in [0, 0.05) is 0 Å². The van der Waals surface area contributed by atoms with Crippen LogP contribution in [-0.2, 0) is 19.2 Å². The van der Waals surface area contributed by atoms with Gasteiger partial charge in [0.2, 0.25) is 17.7 Å². The second-order valence-electron chi connectivity index (χ2n) is 5.92. The Labute approximate surface area is 156 Å². The lowest BCUT2D eigenvalue weighted by molar-refractivity contribution is -0.143. The van der Waals surface area contributed by atoms with Crippen molar-refractivity contribution >= 4 is 23.7 Å². The Morgan fingerprint density at radius 3 is 2.00 bits per heavy atom. The molecule has 0 aromatic heterocycles. The van der Waals surface area contributed by atoms with Gasteiger partial charge in [-0.2, -0.15) is 0 Å². The Morgan fingerprint density at radius 1 is 0.963 bits per heavy atom. The van der Waals surface area contributed by atoms with Crippen LogP contribution in [0.2, 0.25) is 0 Å². The first-order chi connectivity index (χ1) is 12.7. The first-order valence-electron chi connectivity index (χ1n) is 8.49. The van der Waals surface area contributed by atoms with E-state index in [-0.39, 0.29) is 6.42 Å².